The van der Waals surface area contributed by atoms with Crippen LogP contribution < -0.4 is 20.7 Å². The molecular formula is C19H19F2N3O3. The third-order valence-corrected chi connectivity index (χ3v) is 4.34. The average Bonchev–Trinajstić information content (AvgIpc) is 2.65. The minimum absolute atomic E-state index is 0.0963. The minimum Gasteiger partial charge on any atom is -0.492 e. The van der Waals surface area contributed by atoms with E-state index in [-0.39, 0.29) is 29.3 Å². The molecule has 8 heteroatoms. The number of carbonyl (C=O) groups excluding carboxylic acids is 2. The van der Waals surface area contributed by atoms with Gasteiger partial charge in [-0.2, -0.15) is 0 Å². The highest BCUT2D eigenvalue weighted by molar-refractivity contribution is 6.06. The predicted octanol–water partition coefficient (Wildman–Crippen LogP) is 3.28. The van der Waals surface area contributed by atoms with Crippen LogP contribution in [0.3, 0.4) is 0 Å². The Hall–Kier alpha value is -3.16. The standard InChI is InChI=1S/C19H19F2N3O3/c1-10-9-11(3-5-13(10)20)23-18(25)12-4-6-14(21)16-15(24-19(26)22-2)7-8-27-17(12)16/h3-6,9,15H,7-8H2,1-2H3,(H,23,25)(H2,22,24,26). The van der Waals surface area contributed by atoms with Gasteiger partial charge in [0.1, 0.15) is 17.4 Å². The van der Waals surface area contributed by atoms with Gasteiger partial charge in [0.25, 0.3) is 5.91 Å². The molecule has 2 aromatic carbocycles. The second-order valence-corrected chi connectivity index (χ2v) is 6.17. The monoisotopic (exact) mass is 375 g/mol. The van der Waals surface area contributed by atoms with Crippen LogP contribution in [0.25, 0.3) is 0 Å². The zero-order chi connectivity index (χ0) is 19.6. The van der Waals surface area contributed by atoms with E-state index in [4.69, 9.17) is 4.74 Å². The summed E-state index contributed by atoms with van der Waals surface area (Å²) in [4.78, 5) is 24.3. The van der Waals surface area contributed by atoms with Crippen LogP contribution in [0, 0.1) is 18.6 Å². The molecule has 1 unspecified atom stereocenters. The van der Waals surface area contributed by atoms with E-state index in [0.717, 1.165) is 6.07 Å². The average molecular weight is 375 g/mol. The highest BCUT2D eigenvalue weighted by Crippen LogP contribution is 2.37. The van der Waals surface area contributed by atoms with Crippen LogP contribution in [0.4, 0.5) is 19.3 Å². The number of carbonyl (C=O) groups is 2. The van der Waals surface area contributed by atoms with Gasteiger partial charge in [0.05, 0.1) is 23.8 Å². The van der Waals surface area contributed by atoms with Crippen LogP contribution in [0.5, 0.6) is 5.75 Å². The first kappa shape index (κ1) is 18.6. The number of halogens is 2. The van der Waals surface area contributed by atoms with Gasteiger partial charge < -0.3 is 20.7 Å². The van der Waals surface area contributed by atoms with E-state index in [0.29, 0.717) is 17.7 Å². The number of hydrogen-bond acceptors (Lipinski definition) is 3. The van der Waals surface area contributed by atoms with Crippen molar-refractivity contribution in [1.29, 1.82) is 0 Å². The maximum atomic E-state index is 14.4. The molecule has 6 nitrogen and oxygen atoms in total. The van der Waals surface area contributed by atoms with Crippen molar-refractivity contribution in [3.8, 4) is 5.75 Å². The molecule has 3 amide bonds. The highest BCUT2D eigenvalue weighted by atomic mass is 19.1. The lowest BCUT2D eigenvalue weighted by atomic mass is 9.96. The number of nitrogens with one attached hydrogen (secondary N) is 3. The summed E-state index contributed by atoms with van der Waals surface area (Å²) in [7, 11) is 1.46. The van der Waals surface area contributed by atoms with Crippen molar-refractivity contribution in [2.75, 3.05) is 19.0 Å². The van der Waals surface area contributed by atoms with Gasteiger partial charge in [-0.05, 0) is 42.8 Å². The van der Waals surface area contributed by atoms with Crippen molar-refractivity contribution in [3.05, 3.63) is 58.7 Å². The van der Waals surface area contributed by atoms with Crippen molar-refractivity contribution in [1.82, 2.24) is 10.6 Å². The Morgan fingerprint density at radius 3 is 2.59 bits per heavy atom. The van der Waals surface area contributed by atoms with Crippen LogP contribution in [0.1, 0.15) is 33.9 Å². The fraction of sp³-hybridized carbons (Fsp3) is 0.263. The minimum atomic E-state index is -0.616. The van der Waals surface area contributed by atoms with E-state index in [1.807, 2.05) is 0 Å². The van der Waals surface area contributed by atoms with Crippen molar-refractivity contribution in [2.45, 2.75) is 19.4 Å². The lowest BCUT2D eigenvalue weighted by Gasteiger charge is -2.28. The van der Waals surface area contributed by atoms with Gasteiger partial charge in [0.15, 0.2) is 0 Å². The summed E-state index contributed by atoms with van der Waals surface area (Å²) in [6.45, 7) is 1.81. The second-order valence-electron chi connectivity index (χ2n) is 6.17. The van der Waals surface area contributed by atoms with Crippen LogP contribution in [-0.2, 0) is 0 Å². The fourth-order valence-corrected chi connectivity index (χ4v) is 2.95. The number of benzene rings is 2. The van der Waals surface area contributed by atoms with Crippen molar-refractivity contribution in [3.63, 3.8) is 0 Å². The third-order valence-electron chi connectivity index (χ3n) is 4.34. The Morgan fingerprint density at radius 1 is 1.15 bits per heavy atom. The van der Waals surface area contributed by atoms with E-state index in [1.165, 1.54) is 31.3 Å². The molecule has 3 N–H and O–H groups in total. The summed E-state index contributed by atoms with van der Waals surface area (Å²) < 4.78 is 33.4. The first-order valence-corrected chi connectivity index (χ1v) is 8.41. The first-order valence-electron chi connectivity index (χ1n) is 8.41. The molecule has 1 heterocycles. The molecule has 0 bridgehead atoms. The lowest BCUT2D eigenvalue weighted by Crippen LogP contribution is -2.38. The Bertz CT molecular complexity index is 902. The van der Waals surface area contributed by atoms with Gasteiger partial charge in [-0.1, -0.05) is 0 Å². The summed E-state index contributed by atoms with van der Waals surface area (Å²) in [5.74, 6) is -1.37. The molecule has 1 atom stereocenters. The molecule has 0 radical (unpaired) electrons. The second kappa shape index (κ2) is 7.61. The zero-order valence-electron chi connectivity index (χ0n) is 14.9. The predicted molar refractivity (Wildman–Crippen MR) is 95.9 cm³/mol. The number of rotatable bonds is 3. The molecule has 3 rings (SSSR count). The number of urea groups is 1. The molecule has 0 saturated heterocycles. The van der Waals surface area contributed by atoms with E-state index < -0.39 is 23.8 Å². The Labute approximate surface area is 154 Å². The van der Waals surface area contributed by atoms with Gasteiger partial charge in [-0.15, -0.1) is 0 Å². The van der Waals surface area contributed by atoms with Crippen LogP contribution in [-0.4, -0.2) is 25.6 Å². The topological polar surface area (TPSA) is 79.5 Å². The molecule has 27 heavy (non-hydrogen) atoms. The van der Waals surface area contributed by atoms with Gasteiger partial charge in [0.2, 0.25) is 0 Å². The quantitative estimate of drug-likeness (QED) is 0.770. The Kier molecular flexibility index (Phi) is 5.25. The Morgan fingerprint density at radius 2 is 1.89 bits per heavy atom. The first-order chi connectivity index (χ1) is 12.9. The molecule has 0 fully saturated rings. The smallest absolute Gasteiger partial charge is 0.315 e. The number of aryl methyl sites for hydroxylation is 1. The fourth-order valence-electron chi connectivity index (χ4n) is 2.95. The zero-order valence-corrected chi connectivity index (χ0v) is 14.9. The molecule has 142 valence electrons. The van der Waals surface area contributed by atoms with Gasteiger partial charge in [0, 0.05) is 19.2 Å². The maximum absolute atomic E-state index is 14.4. The largest absolute Gasteiger partial charge is 0.492 e. The van der Waals surface area contributed by atoms with Gasteiger partial charge in [-0.3, -0.25) is 4.79 Å². The highest BCUT2D eigenvalue weighted by Gasteiger charge is 2.30. The summed E-state index contributed by atoms with van der Waals surface area (Å²) in [5.41, 5.74) is 1.07. The van der Waals surface area contributed by atoms with Crippen LogP contribution in [0.15, 0.2) is 30.3 Å². The number of amides is 3. The van der Waals surface area contributed by atoms with Crippen molar-refractivity contribution in [2.24, 2.45) is 0 Å². The number of fused-ring (bicyclic) bond motifs is 1. The van der Waals surface area contributed by atoms with E-state index in [1.54, 1.807) is 6.92 Å². The van der Waals surface area contributed by atoms with Crippen LogP contribution >= 0.6 is 0 Å². The summed E-state index contributed by atoms with van der Waals surface area (Å²) >= 11 is 0. The van der Waals surface area contributed by atoms with E-state index in [9.17, 15) is 18.4 Å². The summed E-state index contributed by atoms with van der Waals surface area (Å²) in [6.07, 6.45) is 0.375. The molecular weight excluding hydrogens is 356 g/mol. The molecule has 0 aliphatic carbocycles. The summed E-state index contributed by atoms with van der Waals surface area (Å²) in [5, 5.41) is 7.73. The van der Waals surface area contributed by atoms with Gasteiger partial charge in [-0.25, -0.2) is 13.6 Å². The molecule has 1 aliphatic rings. The number of ether oxygens (including phenoxy) is 1. The normalized spacial score (nSPS) is 15.3. The summed E-state index contributed by atoms with van der Waals surface area (Å²) in [6, 6.07) is 5.61. The lowest BCUT2D eigenvalue weighted by molar-refractivity contribution is 0.102. The number of hydrogen-bond donors (Lipinski definition) is 3. The van der Waals surface area contributed by atoms with E-state index >= 15 is 0 Å². The van der Waals surface area contributed by atoms with E-state index in [2.05, 4.69) is 16.0 Å². The molecule has 0 spiro atoms. The third kappa shape index (κ3) is 3.84. The molecule has 0 saturated carbocycles. The SMILES string of the molecule is CNC(=O)NC1CCOc2c(C(=O)Nc3ccc(F)c(C)c3)ccc(F)c21. The van der Waals surface area contributed by atoms with Crippen molar-refractivity contribution < 1.29 is 23.1 Å². The Balaban J connectivity index is 1.92. The number of anilines is 1. The molecule has 1 aliphatic heterocycles. The van der Waals surface area contributed by atoms with Crippen molar-refractivity contribution >= 4 is 17.6 Å². The molecule has 2 aromatic rings. The van der Waals surface area contributed by atoms with Crippen LogP contribution in [0.2, 0.25) is 0 Å². The molecule has 0 aromatic heterocycles. The van der Waals surface area contributed by atoms with Gasteiger partial charge >= 0.3 is 6.03 Å². The maximum Gasteiger partial charge on any atom is 0.315 e.